The van der Waals surface area contributed by atoms with E-state index in [9.17, 15) is 4.79 Å². The highest BCUT2D eigenvalue weighted by atomic mass is 32.2. The van der Waals surface area contributed by atoms with Gasteiger partial charge in [0.1, 0.15) is 0 Å². The minimum atomic E-state index is 0.316. The van der Waals surface area contributed by atoms with Crippen molar-refractivity contribution in [3.8, 4) is 0 Å². The fourth-order valence-corrected chi connectivity index (χ4v) is 4.92. The molecule has 0 aliphatic carbocycles. The Kier molecular flexibility index (Phi) is 6.06. The number of carbonyl (C=O) groups is 1. The number of carbonyl (C=O) groups excluding carboxylic acids is 1. The number of likely N-dealkylation sites (tertiary alicyclic amines) is 1. The van der Waals surface area contributed by atoms with Gasteiger partial charge in [0.25, 0.3) is 0 Å². The predicted octanol–water partition coefficient (Wildman–Crippen LogP) is 5.62. The van der Waals surface area contributed by atoms with Gasteiger partial charge in [0, 0.05) is 36.0 Å². The number of fused-ring (bicyclic) bond motifs is 1. The van der Waals surface area contributed by atoms with Crippen LogP contribution in [0.2, 0.25) is 0 Å². The maximum atomic E-state index is 12.6. The van der Waals surface area contributed by atoms with E-state index in [2.05, 4.69) is 70.9 Å². The third kappa shape index (κ3) is 4.12. The maximum absolute atomic E-state index is 12.6. The first-order chi connectivity index (χ1) is 13.8. The Hall–Kier alpha value is -2.20. The van der Waals surface area contributed by atoms with E-state index >= 15 is 0 Å². The summed E-state index contributed by atoms with van der Waals surface area (Å²) in [6, 6.07) is 17.2. The Morgan fingerprint density at radius 3 is 2.64 bits per heavy atom. The highest BCUT2D eigenvalue weighted by molar-refractivity contribution is 7.98. The van der Waals surface area contributed by atoms with Crippen molar-refractivity contribution in [1.82, 2.24) is 9.88 Å². The molecule has 28 heavy (non-hydrogen) atoms. The Morgan fingerprint density at radius 2 is 1.89 bits per heavy atom. The summed E-state index contributed by atoms with van der Waals surface area (Å²) in [5, 5.41) is 1.29. The highest BCUT2D eigenvalue weighted by Crippen LogP contribution is 2.29. The molecule has 1 amide bonds. The van der Waals surface area contributed by atoms with Crippen LogP contribution >= 0.6 is 11.8 Å². The Labute approximate surface area is 171 Å². The lowest BCUT2D eigenvalue weighted by Gasteiger charge is -2.32. The lowest BCUT2D eigenvalue weighted by atomic mass is 9.89. The van der Waals surface area contributed by atoms with Gasteiger partial charge in [-0.25, -0.2) is 0 Å². The number of hydrogen-bond donors (Lipinski definition) is 1. The number of rotatable bonds is 6. The third-order valence-corrected chi connectivity index (χ3v) is 6.72. The van der Waals surface area contributed by atoms with Gasteiger partial charge in [-0.2, -0.15) is 0 Å². The van der Waals surface area contributed by atoms with Crippen molar-refractivity contribution in [3.05, 3.63) is 65.9 Å². The van der Waals surface area contributed by atoms with Crippen molar-refractivity contribution in [3.63, 3.8) is 0 Å². The summed E-state index contributed by atoms with van der Waals surface area (Å²) in [6.07, 6.45) is 8.88. The summed E-state index contributed by atoms with van der Waals surface area (Å²) in [4.78, 5) is 19.4. The molecule has 0 bridgehead atoms. The number of hydrogen-bond acceptors (Lipinski definition) is 2. The van der Waals surface area contributed by atoms with E-state index in [0.29, 0.717) is 18.2 Å². The Balaban J connectivity index is 1.28. The summed E-state index contributed by atoms with van der Waals surface area (Å²) in [5.74, 6) is 0.915. The standard InChI is InChI=1S/C24H28N2OS/c1-28-22-11-6-10-21-20(17-25-24(21)22)9-5-12-23(27)26-15-13-19(14-16-26)18-7-3-2-4-8-18/h2-4,6-8,10-11,17,19,25H,5,9,12-16H2,1H3. The molecule has 1 N–H and O–H groups in total. The van der Waals surface area contributed by atoms with Crippen LogP contribution in [-0.4, -0.2) is 35.1 Å². The van der Waals surface area contributed by atoms with Gasteiger partial charge >= 0.3 is 0 Å². The molecule has 1 aromatic heterocycles. The second-order valence-corrected chi connectivity index (χ2v) is 8.46. The van der Waals surface area contributed by atoms with E-state index < -0.39 is 0 Å². The molecule has 2 aromatic carbocycles. The second kappa shape index (κ2) is 8.87. The molecule has 1 aliphatic heterocycles. The zero-order chi connectivity index (χ0) is 19.3. The number of piperidine rings is 1. The van der Waals surface area contributed by atoms with Crippen LogP contribution in [0.4, 0.5) is 0 Å². The maximum Gasteiger partial charge on any atom is 0.222 e. The average molecular weight is 393 g/mol. The number of nitrogens with zero attached hydrogens (tertiary/aromatic N) is 1. The molecule has 146 valence electrons. The summed E-state index contributed by atoms with van der Waals surface area (Å²) in [5.41, 5.74) is 3.96. The fourth-order valence-electron chi connectivity index (χ4n) is 4.34. The van der Waals surface area contributed by atoms with Crippen LogP contribution in [0.3, 0.4) is 0 Å². The Morgan fingerprint density at radius 1 is 1.11 bits per heavy atom. The Bertz CT molecular complexity index is 926. The van der Waals surface area contributed by atoms with Crippen LogP contribution in [0.1, 0.15) is 42.7 Å². The van der Waals surface area contributed by atoms with E-state index in [1.165, 1.54) is 26.9 Å². The number of benzene rings is 2. The number of aryl methyl sites for hydroxylation is 1. The van der Waals surface area contributed by atoms with E-state index in [4.69, 9.17) is 0 Å². The second-order valence-electron chi connectivity index (χ2n) is 7.62. The van der Waals surface area contributed by atoms with E-state index in [-0.39, 0.29) is 0 Å². The average Bonchev–Trinajstić information content (AvgIpc) is 3.17. The quantitative estimate of drug-likeness (QED) is 0.553. The molecule has 0 radical (unpaired) electrons. The number of nitrogens with one attached hydrogen (secondary N) is 1. The highest BCUT2D eigenvalue weighted by Gasteiger charge is 2.23. The summed E-state index contributed by atoms with van der Waals surface area (Å²) < 4.78 is 0. The third-order valence-electron chi connectivity index (χ3n) is 5.94. The van der Waals surface area contributed by atoms with Gasteiger partial charge < -0.3 is 9.88 Å². The minimum absolute atomic E-state index is 0.316. The van der Waals surface area contributed by atoms with Crippen LogP contribution in [-0.2, 0) is 11.2 Å². The van der Waals surface area contributed by atoms with Gasteiger partial charge in [0.15, 0.2) is 0 Å². The molecule has 4 heteroatoms. The molecule has 2 heterocycles. The molecule has 1 aliphatic rings. The number of H-pyrrole nitrogens is 1. The van der Waals surface area contributed by atoms with E-state index in [1.807, 2.05) is 0 Å². The number of aromatic nitrogens is 1. The SMILES string of the molecule is CSc1cccc2c(CCCC(=O)N3CCC(c4ccccc4)CC3)c[nH]c12. The molecule has 3 nitrogen and oxygen atoms in total. The van der Waals surface area contributed by atoms with Crippen LogP contribution < -0.4 is 0 Å². The van der Waals surface area contributed by atoms with Gasteiger partial charge in [0.2, 0.25) is 5.91 Å². The van der Waals surface area contributed by atoms with Crippen molar-refractivity contribution < 1.29 is 4.79 Å². The first-order valence-corrected chi connectivity index (χ1v) is 11.4. The molecule has 0 atom stereocenters. The van der Waals surface area contributed by atoms with Crippen molar-refractivity contribution in [2.24, 2.45) is 0 Å². The van der Waals surface area contributed by atoms with Crippen LogP contribution in [0.5, 0.6) is 0 Å². The van der Waals surface area contributed by atoms with E-state index in [1.54, 1.807) is 11.8 Å². The lowest BCUT2D eigenvalue weighted by molar-refractivity contribution is -0.132. The van der Waals surface area contributed by atoms with Gasteiger partial charge in [-0.1, -0.05) is 42.5 Å². The van der Waals surface area contributed by atoms with Crippen molar-refractivity contribution >= 4 is 28.6 Å². The molecule has 0 unspecified atom stereocenters. The van der Waals surface area contributed by atoms with Crippen molar-refractivity contribution in [2.45, 2.75) is 42.9 Å². The summed E-state index contributed by atoms with van der Waals surface area (Å²) >= 11 is 1.77. The van der Waals surface area contributed by atoms with Crippen LogP contribution in [0, 0.1) is 0 Å². The zero-order valence-electron chi connectivity index (χ0n) is 16.5. The summed E-state index contributed by atoms with van der Waals surface area (Å²) in [6.45, 7) is 1.78. The first-order valence-electron chi connectivity index (χ1n) is 10.2. The molecule has 1 saturated heterocycles. The monoisotopic (exact) mass is 392 g/mol. The van der Waals surface area contributed by atoms with E-state index in [0.717, 1.165) is 38.8 Å². The minimum Gasteiger partial charge on any atom is -0.360 e. The fraction of sp³-hybridized carbons (Fsp3) is 0.375. The molecular weight excluding hydrogens is 364 g/mol. The molecule has 0 spiro atoms. The molecule has 4 rings (SSSR count). The van der Waals surface area contributed by atoms with Crippen LogP contribution in [0.25, 0.3) is 10.9 Å². The van der Waals surface area contributed by atoms with Gasteiger partial charge in [-0.15, -0.1) is 11.8 Å². The smallest absolute Gasteiger partial charge is 0.222 e. The van der Waals surface area contributed by atoms with Crippen LogP contribution in [0.15, 0.2) is 59.6 Å². The number of amides is 1. The lowest BCUT2D eigenvalue weighted by Crippen LogP contribution is -2.37. The van der Waals surface area contributed by atoms with Gasteiger partial charge in [-0.05, 0) is 55.1 Å². The normalized spacial score (nSPS) is 15.2. The topological polar surface area (TPSA) is 36.1 Å². The molecular formula is C24H28N2OS. The number of thioether (sulfide) groups is 1. The molecule has 0 saturated carbocycles. The first kappa shape index (κ1) is 19.1. The van der Waals surface area contributed by atoms with Crippen molar-refractivity contribution in [1.29, 1.82) is 0 Å². The van der Waals surface area contributed by atoms with Crippen molar-refractivity contribution in [2.75, 3.05) is 19.3 Å². The molecule has 1 fully saturated rings. The predicted molar refractivity (Wildman–Crippen MR) is 118 cm³/mol. The zero-order valence-corrected chi connectivity index (χ0v) is 17.3. The van der Waals surface area contributed by atoms with Gasteiger partial charge in [0.05, 0.1) is 5.52 Å². The molecule has 3 aromatic rings. The van der Waals surface area contributed by atoms with Gasteiger partial charge in [-0.3, -0.25) is 4.79 Å². The largest absolute Gasteiger partial charge is 0.360 e. The number of aromatic amines is 1. The summed E-state index contributed by atoms with van der Waals surface area (Å²) in [7, 11) is 0. The number of para-hydroxylation sites is 1.